The first-order valence-corrected chi connectivity index (χ1v) is 5.21. The summed E-state index contributed by atoms with van der Waals surface area (Å²) in [4.78, 5) is 0. The van der Waals surface area contributed by atoms with Crippen molar-refractivity contribution in [2.75, 3.05) is 5.75 Å². The van der Waals surface area contributed by atoms with Crippen LogP contribution in [0.4, 0.5) is 13.2 Å². The molecule has 1 aliphatic carbocycles. The second kappa shape index (κ2) is 3.08. The molecule has 0 nitrogen and oxygen atoms in total. The Morgan fingerprint density at radius 1 is 1.38 bits per heavy atom. The van der Waals surface area contributed by atoms with Crippen LogP contribution in [-0.4, -0.2) is 17.2 Å². The molecule has 0 bridgehead atoms. The number of allylic oxidation sites excluding steroid dienone is 3. The minimum atomic E-state index is -4.14. The molecule has 0 aromatic rings. The van der Waals surface area contributed by atoms with Crippen LogP contribution in [0.1, 0.15) is 6.42 Å². The van der Waals surface area contributed by atoms with Crippen molar-refractivity contribution >= 4 is 11.8 Å². The van der Waals surface area contributed by atoms with Crippen LogP contribution in [0.25, 0.3) is 0 Å². The third kappa shape index (κ3) is 1.64. The van der Waals surface area contributed by atoms with Gasteiger partial charge in [-0.15, -0.1) is 0 Å². The van der Waals surface area contributed by atoms with Gasteiger partial charge in [-0.2, -0.15) is 24.9 Å². The normalized spacial score (nSPS) is 33.0. The Morgan fingerprint density at radius 3 is 2.85 bits per heavy atom. The van der Waals surface area contributed by atoms with Crippen molar-refractivity contribution in [3.63, 3.8) is 0 Å². The molecule has 2 unspecified atom stereocenters. The van der Waals surface area contributed by atoms with Gasteiger partial charge in [0.2, 0.25) is 0 Å². The fourth-order valence-electron chi connectivity index (χ4n) is 1.83. The molecule has 4 heteroatoms. The van der Waals surface area contributed by atoms with Crippen LogP contribution < -0.4 is 0 Å². The van der Waals surface area contributed by atoms with Gasteiger partial charge in [-0.05, 0) is 12.2 Å². The Morgan fingerprint density at radius 2 is 2.15 bits per heavy atom. The van der Waals surface area contributed by atoms with E-state index in [9.17, 15) is 13.2 Å². The van der Waals surface area contributed by atoms with Gasteiger partial charge in [0.25, 0.3) is 0 Å². The van der Waals surface area contributed by atoms with Crippen molar-refractivity contribution in [3.8, 4) is 0 Å². The fourth-order valence-corrected chi connectivity index (χ4v) is 3.21. The van der Waals surface area contributed by atoms with Gasteiger partial charge >= 0.3 is 6.18 Å². The second-order valence-electron chi connectivity index (χ2n) is 3.24. The lowest BCUT2D eigenvalue weighted by atomic mass is 9.89. The molecule has 1 aliphatic heterocycles. The smallest absolute Gasteiger partial charge is 0.166 e. The summed E-state index contributed by atoms with van der Waals surface area (Å²) < 4.78 is 37.4. The van der Waals surface area contributed by atoms with E-state index in [-0.39, 0.29) is 16.7 Å². The number of thioether (sulfide) groups is 1. The predicted molar refractivity (Wildman–Crippen MR) is 47.6 cm³/mol. The molecule has 2 atom stereocenters. The first kappa shape index (κ1) is 9.19. The van der Waals surface area contributed by atoms with E-state index in [0.717, 1.165) is 5.75 Å². The highest BCUT2D eigenvalue weighted by atomic mass is 32.2. The van der Waals surface area contributed by atoms with Crippen molar-refractivity contribution in [1.29, 1.82) is 0 Å². The first-order valence-electron chi connectivity index (χ1n) is 4.16. The summed E-state index contributed by atoms with van der Waals surface area (Å²) in [5.41, 5.74) is -0.343. The zero-order valence-corrected chi connectivity index (χ0v) is 7.66. The lowest BCUT2D eigenvalue weighted by molar-refractivity contribution is -0.0988. The minimum Gasteiger partial charge on any atom is -0.166 e. The maximum absolute atomic E-state index is 12.5. The van der Waals surface area contributed by atoms with Crippen molar-refractivity contribution in [1.82, 2.24) is 0 Å². The summed E-state index contributed by atoms with van der Waals surface area (Å²) in [6.07, 6.45) is 1.14. The predicted octanol–water partition coefficient (Wildman–Crippen LogP) is 3.17. The highest BCUT2D eigenvalue weighted by Gasteiger charge is 2.43. The molecule has 1 fully saturated rings. The van der Waals surface area contributed by atoms with Gasteiger partial charge in [0, 0.05) is 16.7 Å². The molecule has 0 aromatic carbocycles. The Kier molecular flexibility index (Phi) is 2.18. The van der Waals surface area contributed by atoms with E-state index >= 15 is 0 Å². The lowest BCUT2D eigenvalue weighted by Gasteiger charge is -2.23. The van der Waals surface area contributed by atoms with E-state index in [2.05, 4.69) is 0 Å². The third-order valence-electron chi connectivity index (χ3n) is 2.44. The Hall–Kier alpha value is -0.380. The molecular formula is C9H9F3S. The molecule has 72 valence electrons. The zero-order valence-electron chi connectivity index (χ0n) is 6.84. The van der Waals surface area contributed by atoms with E-state index in [1.807, 2.05) is 6.08 Å². The van der Waals surface area contributed by atoms with Gasteiger partial charge in [-0.3, -0.25) is 0 Å². The quantitative estimate of drug-likeness (QED) is 0.586. The molecule has 2 aliphatic rings. The maximum Gasteiger partial charge on any atom is 0.413 e. The number of hydrogen-bond donors (Lipinski definition) is 0. The molecule has 0 spiro atoms. The minimum absolute atomic E-state index is 0.0571. The molecular weight excluding hydrogens is 197 g/mol. The molecule has 0 N–H and O–H groups in total. The Bertz CT molecular complexity index is 265. The number of alkyl halides is 3. The van der Waals surface area contributed by atoms with Crippen LogP contribution in [0.2, 0.25) is 0 Å². The maximum atomic E-state index is 12.5. The summed E-state index contributed by atoms with van der Waals surface area (Å²) >= 11 is 1.62. The topological polar surface area (TPSA) is 0 Å². The molecule has 0 amide bonds. The standard InChI is InChI=1S/C9H9F3S/c10-9(11,12)7-2-1-3-8-6(7)4-5-13-8/h1-3,6,8H,4-5H2. The number of hydrogen-bond acceptors (Lipinski definition) is 1. The van der Waals surface area contributed by atoms with E-state index < -0.39 is 6.18 Å². The van der Waals surface area contributed by atoms with Gasteiger partial charge in [-0.25, -0.2) is 0 Å². The van der Waals surface area contributed by atoms with Gasteiger partial charge in [0.15, 0.2) is 0 Å². The molecule has 2 rings (SSSR count). The van der Waals surface area contributed by atoms with Crippen molar-refractivity contribution in [2.24, 2.45) is 5.92 Å². The SMILES string of the molecule is FC(F)(F)C1=CC=CC2SCCC12. The first-order chi connectivity index (χ1) is 6.09. The van der Waals surface area contributed by atoms with Crippen LogP contribution in [0.3, 0.4) is 0 Å². The summed E-state index contributed by atoms with van der Waals surface area (Å²) in [5.74, 6) is 0.544. The average Bonchev–Trinajstić information content (AvgIpc) is 2.48. The summed E-state index contributed by atoms with van der Waals surface area (Å²) in [6, 6.07) is 0. The van der Waals surface area contributed by atoms with Gasteiger partial charge < -0.3 is 0 Å². The van der Waals surface area contributed by atoms with E-state index in [1.165, 1.54) is 12.2 Å². The summed E-state index contributed by atoms with van der Waals surface area (Å²) in [5, 5.41) is 0.0571. The Balaban J connectivity index is 2.27. The summed E-state index contributed by atoms with van der Waals surface area (Å²) in [6.45, 7) is 0. The van der Waals surface area contributed by atoms with Crippen LogP contribution >= 0.6 is 11.8 Å². The van der Waals surface area contributed by atoms with Crippen LogP contribution in [-0.2, 0) is 0 Å². The molecule has 0 saturated carbocycles. The fraction of sp³-hybridized carbons (Fsp3) is 0.556. The largest absolute Gasteiger partial charge is 0.413 e. The number of rotatable bonds is 0. The van der Waals surface area contributed by atoms with Gasteiger partial charge in [0.1, 0.15) is 0 Å². The molecule has 0 aromatic heterocycles. The number of halogens is 3. The van der Waals surface area contributed by atoms with Crippen molar-refractivity contribution in [2.45, 2.75) is 17.8 Å². The summed E-state index contributed by atoms with van der Waals surface area (Å²) in [7, 11) is 0. The van der Waals surface area contributed by atoms with Gasteiger partial charge in [0.05, 0.1) is 0 Å². The zero-order chi connectivity index (χ0) is 9.47. The highest BCUT2D eigenvalue weighted by Crippen LogP contribution is 2.45. The third-order valence-corrected chi connectivity index (χ3v) is 3.78. The number of fused-ring (bicyclic) bond motifs is 1. The molecule has 0 radical (unpaired) electrons. The molecule has 1 heterocycles. The van der Waals surface area contributed by atoms with Gasteiger partial charge in [-0.1, -0.05) is 18.2 Å². The van der Waals surface area contributed by atoms with E-state index in [1.54, 1.807) is 11.8 Å². The van der Waals surface area contributed by atoms with E-state index in [0.29, 0.717) is 6.42 Å². The second-order valence-corrected chi connectivity index (χ2v) is 4.52. The van der Waals surface area contributed by atoms with Crippen LogP contribution in [0.15, 0.2) is 23.8 Å². The van der Waals surface area contributed by atoms with E-state index in [4.69, 9.17) is 0 Å². The van der Waals surface area contributed by atoms with Crippen LogP contribution in [0.5, 0.6) is 0 Å². The van der Waals surface area contributed by atoms with Crippen molar-refractivity contribution < 1.29 is 13.2 Å². The molecule has 1 saturated heterocycles. The van der Waals surface area contributed by atoms with Crippen LogP contribution in [0, 0.1) is 5.92 Å². The highest BCUT2D eigenvalue weighted by molar-refractivity contribution is 8.00. The Labute approximate surface area is 78.9 Å². The lowest BCUT2D eigenvalue weighted by Crippen LogP contribution is -2.25. The molecule has 13 heavy (non-hydrogen) atoms. The average molecular weight is 206 g/mol. The monoisotopic (exact) mass is 206 g/mol. The van der Waals surface area contributed by atoms with Crippen molar-refractivity contribution in [3.05, 3.63) is 23.8 Å².